The summed E-state index contributed by atoms with van der Waals surface area (Å²) in [6.45, 7) is 0.172. The van der Waals surface area contributed by atoms with Crippen molar-refractivity contribution < 1.29 is 5.11 Å². The number of benzene rings is 1. The number of thioether (sulfide) groups is 1. The van der Waals surface area contributed by atoms with Crippen molar-refractivity contribution in [3.63, 3.8) is 0 Å². The highest BCUT2D eigenvalue weighted by Gasteiger charge is 2.13. The lowest BCUT2D eigenvalue weighted by Crippen LogP contribution is -2.24. The summed E-state index contributed by atoms with van der Waals surface area (Å²) in [6.07, 6.45) is 4.38. The SMILES string of the molecule is CSCC(CCO)Nc1ncnc2sc(-c3ccccc3)cc12. The van der Waals surface area contributed by atoms with Gasteiger partial charge in [-0.2, -0.15) is 11.8 Å². The normalized spacial score (nSPS) is 12.4. The lowest BCUT2D eigenvalue weighted by Gasteiger charge is -2.17. The van der Waals surface area contributed by atoms with E-state index in [1.165, 1.54) is 10.4 Å². The van der Waals surface area contributed by atoms with Gasteiger partial charge < -0.3 is 10.4 Å². The lowest BCUT2D eigenvalue weighted by atomic mass is 10.2. The van der Waals surface area contributed by atoms with Gasteiger partial charge in [-0.1, -0.05) is 30.3 Å². The van der Waals surface area contributed by atoms with Crippen LogP contribution in [0, 0.1) is 0 Å². The fourth-order valence-electron chi connectivity index (χ4n) is 2.46. The molecule has 0 saturated heterocycles. The second-order valence-corrected chi connectivity index (χ2v) is 7.17. The minimum atomic E-state index is 0.172. The van der Waals surface area contributed by atoms with Crippen LogP contribution in [-0.4, -0.2) is 39.7 Å². The third kappa shape index (κ3) is 3.83. The summed E-state index contributed by atoms with van der Waals surface area (Å²) in [4.78, 5) is 11.0. The van der Waals surface area contributed by atoms with E-state index in [1.54, 1.807) is 29.4 Å². The van der Waals surface area contributed by atoms with Crippen molar-refractivity contribution in [1.82, 2.24) is 9.97 Å². The first-order valence-corrected chi connectivity index (χ1v) is 9.69. The van der Waals surface area contributed by atoms with E-state index in [0.717, 1.165) is 21.8 Å². The molecule has 0 fully saturated rings. The van der Waals surface area contributed by atoms with Crippen molar-refractivity contribution in [1.29, 1.82) is 0 Å². The Morgan fingerprint density at radius 1 is 1.26 bits per heavy atom. The van der Waals surface area contributed by atoms with E-state index in [0.29, 0.717) is 6.42 Å². The van der Waals surface area contributed by atoms with Crippen LogP contribution in [0.5, 0.6) is 0 Å². The number of thiophene rings is 1. The molecule has 0 bridgehead atoms. The highest BCUT2D eigenvalue weighted by atomic mass is 32.2. The van der Waals surface area contributed by atoms with Crippen LogP contribution >= 0.6 is 23.1 Å². The van der Waals surface area contributed by atoms with Crippen molar-refractivity contribution in [2.24, 2.45) is 0 Å². The zero-order valence-corrected chi connectivity index (χ0v) is 14.5. The Kier molecular flexibility index (Phi) is 5.48. The number of aliphatic hydroxyl groups excluding tert-OH is 1. The number of fused-ring (bicyclic) bond motifs is 1. The van der Waals surface area contributed by atoms with E-state index < -0.39 is 0 Å². The van der Waals surface area contributed by atoms with Crippen LogP contribution in [0.1, 0.15) is 6.42 Å². The third-order valence-electron chi connectivity index (χ3n) is 3.57. The first-order valence-electron chi connectivity index (χ1n) is 7.48. The molecule has 0 spiro atoms. The number of nitrogens with one attached hydrogen (secondary N) is 1. The van der Waals surface area contributed by atoms with E-state index in [9.17, 15) is 5.11 Å². The van der Waals surface area contributed by atoms with Gasteiger partial charge in [0.1, 0.15) is 17.0 Å². The van der Waals surface area contributed by atoms with Crippen molar-refractivity contribution in [3.05, 3.63) is 42.7 Å². The van der Waals surface area contributed by atoms with Crippen molar-refractivity contribution in [2.75, 3.05) is 23.9 Å². The number of aliphatic hydroxyl groups is 1. The highest BCUT2D eigenvalue weighted by Crippen LogP contribution is 2.35. The molecule has 0 saturated carbocycles. The van der Waals surface area contributed by atoms with Gasteiger partial charge in [-0.05, 0) is 24.3 Å². The number of hydrogen-bond acceptors (Lipinski definition) is 6. The van der Waals surface area contributed by atoms with E-state index in [2.05, 4.69) is 39.7 Å². The summed E-state index contributed by atoms with van der Waals surface area (Å²) in [5.41, 5.74) is 1.19. The lowest BCUT2D eigenvalue weighted by molar-refractivity contribution is 0.282. The van der Waals surface area contributed by atoms with Crippen LogP contribution < -0.4 is 5.32 Å². The van der Waals surface area contributed by atoms with E-state index in [4.69, 9.17) is 0 Å². The van der Waals surface area contributed by atoms with Gasteiger partial charge in [-0.3, -0.25) is 0 Å². The summed E-state index contributed by atoms with van der Waals surface area (Å²) in [5, 5.41) is 13.7. The Morgan fingerprint density at radius 2 is 2.09 bits per heavy atom. The van der Waals surface area contributed by atoms with Crippen LogP contribution in [0.2, 0.25) is 0 Å². The molecule has 4 nitrogen and oxygen atoms in total. The fraction of sp³-hybridized carbons (Fsp3) is 0.294. The maximum absolute atomic E-state index is 9.23. The third-order valence-corrected chi connectivity index (χ3v) is 5.40. The summed E-state index contributed by atoms with van der Waals surface area (Å²) >= 11 is 3.43. The summed E-state index contributed by atoms with van der Waals surface area (Å²) in [5.74, 6) is 1.78. The zero-order chi connectivity index (χ0) is 16.1. The van der Waals surface area contributed by atoms with Gasteiger partial charge in [0.25, 0.3) is 0 Å². The second-order valence-electron chi connectivity index (χ2n) is 5.23. The first-order chi connectivity index (χ1) is 11.3. The molecule has 120 valence electrons. The largest absolute Gasteiger partial charge is 0.396 e. The standard InChI is InChI=1S/C17H19N3OS2/c1-22-10-13(7-8-21)20-16-14-9-15(12-5-3-2-4-6-12)23-17(14)19-11-18-16/h2-6,9,11,13,21H,7-8,10H2,1H3,(H,18,19,20). The van der Waals surface area contributed by atoms with Crippen LogP contribution in [0.3, 0.4) is 0 Å². The predicted molar refractivity (Wildman–Crippen MR) is 100 cm³/mol. The minimum Gasteiger partial charge on any atom is -0.396 e. The van der Waals surface area contributed by atoms with Crippen molar-refractivity contribution in [3.8, 4) is 10.4 Å². The number of nitrogens with zero attached hydrogens (tertiary/aromatic N) is 2. The Bertz CT molecular complexity index is 755. The average Bonchev–Trinajstić information content (AvgIpc) is 3.01. The second kappa shape index (κ2) is 7.77. The van der Waals surface area contributed by atoms with Crippen LogP contribution in [-0.2, 0) is 0 Å². The molecule has 0 aliphatic heterocycles. The van der Waals surface area contributed by atoms with Gasteiger partial charge in [0, 0.05) is 23.3 Å². The van der Waals surface area contributed by atoms with Crippen molar-refractivity contribution in [2.45, 2.75) is 12.5 Å². The zero-order valence-electron chi connectivity index (χ0n) is 12.9. The van der Waals surface area contributed by atoms with Gasteiger partial charge in [0.15, 0.2) is 0 Å². The predicted octanol–water partition coefficient (Wildman–Crippen LogP) is 3.88. The Morgan fingerprint density at radius 3 is 2.83 bits per heavy atom. The van der Waals surface area contributed by atoms with Crippen LogP contribution in [0.4, 0.5) is 5.82 Å². The van der Waals surface area contributed by atoms with Gasteiger partial charge in [0.2, 0.25) is 0 Å². The van der Waals surface area contributed by atoms with Crippen molar-refractivity contribution >= 4 is 39.1 Å². The molecule has 6 heteroatoms. The van der Waals surface area contributed by atoms with Gasteiger partial charge in [-0.15, -0.1) is 11.3 Å². The molecule has 2 aromatic heterocycles. The molecule has 1 unspecified atom stereocenters. The number of rotatable bonds is 7. The average molecular weight is 345 g/mol. The number of hydrogen-bond donors (Lipinski definition) is 2. The number of anilines is 1. The summed E-state index contributed by atoms with van der Waals surface area (Å²) in [6, 6.07) is 12.7. The van der Waals surface area contributed by atoms with Gasteiger partial charge in [-0.25, -0.2) is 9.97 Å². The molecule has 2 heterocycles. The Hall–Kier alpha value is -1.63. The molecular weight excluding hydrogens is 326 g/mol. The van der Waals surface area contributed by atoms with Gasteiger partial charge >= 0.3 is 0 Å². The molecule has 0 aliphatic rings. The molecule has 0 aliphatic carbocycles. The molecule has 0 amide bonds. The molecule has 3 rings (SSSR count). The Labute approximate surface area is 144 Å². The maximum atomic E-state index is 9.23. The molecule has 3 aromatic rings. The number of aromatic nitrogens is 2. The first kappa shape index (κ1) is 16.2. The van der Waals surface area contributed by atoms with Crippen LogP contribution in [0.15, 0.2) is 42.7 Å². The fourth-order valence-corrected chi connectivity index (χ4v) is 4.12. The molecule has 2 N–H and O–H groups in total. The molecular formula is C17H19N3OS2. The topological polar surface area (TPSA) is 58.0 Å². The van der Waals surface area contributed by atoms with E-state index in [1.807, 2.05) is 18.2 Å². The summed E-state index contributed by atoms with van der Waals surface area (Å²) in [7, 11) is 0. The maximum Gasteiger partial charge on any atom is 0.138 e. The molecule has 23 heavy (non-hydrogen) atoms. The highest BCUT2D eigenvalue weighted by molar-refractivity contribution is 7.98. The minimum absolute atomic E-state index is 0.172. The summed E-state index contributed by atoms with van der Waals surface area (Å²) < 4.78 is 0. The van der Waals surface area contributed by atoms with Gasteiger partial charge in [0.05, 0.1) is 5.39 Å². The van der Waals surface area contributed by atoms with E-state index in [-0.39, 0.29) is 12.6 Å². The van der Waals surface area contributed by atoms with E-state index >= 15 is 0 Å². The molecule has 1 atom stereocenters. The molecule has 0 radical (unpaired) electrons. The Balaban J connectivity index is 1.93. The smallest absolute Gasteiger partial charge is 0.138 e. The quantitative estimate of drug-likeness (QED) is 0.680. The monoisotopic (exact) mass is 345 g/mol. The van der Waals surface area contributed by atoms with Crippen LogP contribution in [0.25, 0.3) is 20.7 Å². The molecule has 1 aromatic carbocycles.